The largest absolute Gasteiger partial charge is 0.345 e. The molecule has 1 heterocycles. The van der Waals surface area contributed by atoms with Crippen molar-refractivity contribution in [1.82, 2.24) is 10.0 Å². The van der Waals surface area contributed by atoms with Crippen LogP contribution < -0.4 is 10.0 Å². The van der Waals surface area contributed by atoms with Crippen LogP contribution in [0.1, 0.15) is 35.3 Å². The molecular formula is C19H20F2N2O5S2. The van der Waals surface area contributed by atoms with Crippen LogP contribution in [0, 0.1) is 11.6 Å². The van der Waals surface area contributed by atoms with Crippen LogP contribution in [0.4, 0.5) is 8.78 Å². The number of sulfone groups is 1. The third kappa shape index (κ3) is 5.21. The minimum atomic E-state index is -3.94. The van der Waals surface area contributed by atoms with Gasteiger partial charge in [0.1, 0.15) is 11.6 Å². The van der Waals surface area contributed by atoms with Crippen molar-refractivity contribution < 1.29 is 30.4 Å². The Morgan fingerprint density at radius 3 is 2.37 bits per heavy atom. The van der Waals surface area contributed by atoms with E-state index < -0.39 is 49.5 Å². The molecule has 1 saturated heterocycles. The summed E-state index contributed by atoms with van der Waals surface area (Å²) in [5.74, 6) is -2.39. The normalized spacial score (nSPS) is 19.4. The number of hydrogen-bond acceptors (Lipinski definition) is 5. The number of halogens is 2. The molecule has 1 fully saturated rings. The maximum Gasteiger partial charge on any atom is 0.251 e. The number of carbonyl (C=O) groups is 1. The van der Waals surface area contributed by atoms with Gasteiger partial charge in [0.25, 0.3) is 5.91 Å². The topological polar surface area (TPSA) is 109 Å². The minimum Gasteiger partial charge on any atom is -0.345 e. The zero-order valence-corrected chi connectivity index (χ0v) is 17.6. The van der Waals surface area contributed by atoms with Crippen molar-refractivity contribution in [1.29, 1.82) is 0 Å². The van der Waals surface area contributed by atoms with E-state index in [2.05, 4.69) is 10.0 Å². The van der Waals surface area contributed by atoms with Gasteiger partial charge in [-0.05, 0) is 43.7 Å². The van der Waals surface area contributed by atoms with Crippen molar-refractivity contribution in [2.24, 2.45) is 0 Å². The van der Waals surface area contributed by atoms with E-state index in [1.54, 1.807) is 0 Å². The van der Waals surface area contributed by atoms with Gasteiger partial charge in [0.05, 0.1) is 22.4 Å². The highest BCUT2D eigenvalue weighted by Crippen LogP contribution is 2.19. The van der Waals surface area contributed by atoms with Crippen LogP contribution in [0.5, 0.6) is 0 Å². The molecule has 2 aromatic rings. The summed E-state index contributed by atoms with van der Waals surface area (Å²) in [5.41, 5.74) is 0.256. The van der Waals surface area contributed by atoms with Crippen molar-refractivity contribution in [3.05, 3.63) is 65.2 Å². The molecule has 7 nitrogen and oxygen atoms in total. The molecule has 0 aliphatic carbocycles. The van der Waals surface area contributed by atoms with Crippen LogP contribution in [0.25, 0.3) is 0 Å². The average Bonchev–Trinajstić information content (AvgIpc) is 2.99. The Kier molecular flexibility index (Phi) is 6.25. The monoisotopic (exact) mass is 458 g/mol. The summed E-state index contributed by atoms with van der Waals surface area (Å²) in [4.78, 5) is 12.3. The highest BCUT2D eigenvalue weighted by atomic mass is 32.2. The third-order valence-electron chi connectivity index (χ3n) is 4.76. The molecule has 0 bridgehead atoms. The lowest BCUT2D eigenvalue weighted by Crippen LogP contribution is -2.35. The summed E-state index contributed by atoms with van der Waals surface area (Å²) in [6, 6.07) is 6.66. The van der Waals surface area contributed by atoms with Crippen molar-refractivity contribution in [3.8, 4) is 0 Å². The second-order valence-electron chi connectivity index (χ2n) is 7.11. The molecule has 1 aliphatic rings. The van der Waals surface area contributed by atoms with E-state index >= 15 is 0 Å². The van der Waals surface area contributed by atoms with Crippen LogP contribution in [-0.4, -0.2) is 40.3 Å². The Balaban J connectivity index is 1.68. The van der Waals surface area contributed by atoms with Gasteiger partial charge >= 0.3 is 0 Å². The highest BCUT2D eigenvalue weighted by molar-refractivity contribution is 7.92. The van der Waals surface area contributed by atoms with Gasteiger partial charge in [-0.1, -0.05) is 6.07 Å². The zero-order chi connectivity index (χ0) is 22.1. The predicted octanol–water partition coefficient (Wildman–Crippen LogP) is 1.92. The second kappa shape index (κ2) is 8.40. The van der Waals surface area contributed by atoms with Gasteiger partial charge in [-0.3, -0.25) is 4.79 Å². The van der Waals surface area contributed by atoms with Gasteiger partial charge in [-0.2, -0.15) is 0 Å². The lowest BCUT2D eigenvalue weighted by atomic mass is 10.1. The van der Waals surface area contributed by atoms with E-state index in [9.17, 15) is 30.4 Å². The first kappa shape index (κ1) is 22.3. The molecule has 0 aromatic heterocycles. The van der Waals surface area contributed by atoms with Crippen LogP contribution in [0.3, 0.4) is 0 Å². The lowest BCUT2D eigenvalue weighted by Gasteiger charge is -2.16. The molecule has 0 unspecified atom stereocenters. The fourth-order valence-electron chi connectivity index (χ4n) is 3.17. The van der Waals surface area contributed by atoms with Crippen molar-refractivity contribution in [2.75, 3.05) is 11.5 Å². The van der Waals surface area contributed by atoms with Crippen molar-refractivity contribution in [2.45, 2.75) is 30.3 Å². The molecule has 1 amide bonds. The Morgan fingerprint density at radius 1 is 1.13 bits per heavy atom. The summed E-state index contributed by atoms with van der Waals surface area (Å²) >= 11 is 0. The molecule has 1 aliphatic heterocycles. The number of sulfonamides is 1. The minimum absolute atomic E-state index is 0.0634. The van der Waals surface area contributed by atoms with E-state index in [1.165, 1.54) is 37.3 Å². The molecule has 2 aromatic carbocycles. The molecule has 0 saturated carbocycles. The lowest BCUT2D eigenvalue weighted by molar-refractivity contribution is 0.0939. The first-order chi connectivity index (χ1) is 14.0. The Labute approximate surface area is 173 Å². The molecule has 2 atom stereocenters. The fraction of sp³-hybridized carbons (Fsp3) is 0.316. The van der Waals surface area contributed by atoms with Crippen LogP contribution in [0.2, 0.25) is 0 Å². The first-order valence-electron chi connectivity index (χ1n) is 9.05. The van der Waals surface area contributed by atoms with E-state index in [0.29, 0.717) is 0 Å². The molecular weight excluding hydrogens is 438 g/mol. The van der Waals surface area contributed by atoms with E-state index in [4.69, 9.17) is 0 Å². The van der Waals surface area contributed by atoms with Gasteiger partial charge in [-0.15, -0.1) is 0 Å². The standard InChI is InChI=1S/C19H20F2N2O5S2/c1-12(17-7-4-14(20)10-18(17)21)22-19(24)13-2-5-16(6-3-13)30(27,28)23-15-8-9-29(25,26)11-15/h2-7,10,12,15,23H,8-9,11H2,1H3,(H,22,24)/t12-,15-/m0/s1. The SMILES string of the molecule is C[C@H](NC(=O)c1ccc(S(=O)(=O)N[C@H]2CCS(=O)(=O)C2)cc1)c1ccc(F)cc1F. The Bertz CT molecular complexity index is 1170. The third-order valence-corrected chi connectivity index (χ3v) is 8.06. The number of benzene rings is 2. The molecule has 162 valence electrons. The molecule has 0 radical (unpaired) electrons. The fourth-order valence-corrected chi connectivity index (χ4v) is 6.22. The number of nitrogens with one attached hydrogen (secondary N) is 2. The number of rotatable bonds is 6. The number of amides is 1. The smallest absolute Gasteiger partial charge is 0.251 e. The molecule has 11 heteroatoms. The predicted molar refractivity (Wildman–Crippen MR) is 106 cm³/mol. The van der Waals surface area contributed by atoms with Gasteiger partial charge < -0.3 is 5.32 Å². The van der Waals surface area contributed by atoms with Gasteiger partial charge in [-0.25, -0.2) is 30.3 Å². The Morgan fingerprint density at radius 2 is 1.80 bits per heavy atom. The summed E-state index contributed by atoms with van der Waals surface area (Å²) in [7, 11) is -7.18. The maximum absolute atomic E-state index is 13.9. The second-order valence-corrected chi connectivity index (χ2v) is 11.0. The van der Waals surface area contributed by atoms with Crippen molar-refractivity contribution >= 4 is 25.8 Å². The average molecular weight is 459 g/mol. The van der Waals surface area contributed by atoms with Gasteiger partial charge in [0.15, 0.2) is 9.84 Å². The van der Waals surface area contributed by atoms with Gasteiger partial charge in [0, 0.05) is 23.2 Å². The maximum atomic E-state index is 13.9. The van der Waals surface area contributed by atoms with Crippen LogP contribution in [0.15, 0.2) is 47.4 Å². The molecule has 30 heavy (non-hydrogen) atoms. The van der Waals surface area contributed by atoms with Crippen molar-refractivity contribution in [3.63, 3.8) is 0 Å². The molecule has 3 rings (SSSR count). The zero-order valence-electron chi connectivity index (χ0n) is 15.9. The summed E-state index contributed by atoms with van der Waals surface area (Å²) in [5, 5.41) is 2.57. The quantitative estimate of drug-likeness (QED) is 0.688. The van der Waals surface area contributed by atoms with Gasteiger partial charge in [0.2, 0.25) is 10.0 Å². The Hall–Kier alpha value is -2.37. The van der Waals surface area contributed by atoms with E-state index in [1.807, 2.05) is 0 Å². The highest BCUT2D eigenvalue weighted by Gasteiger charge is 2.31. The summed E-state index contributed by atoms with van der Waals surface area (Å²) in [6.45, 7) is 1.53. The number of hydrogen-bond donors (Lipinski definition) is 2. The number of carbonyl (C=O) groups excluding carboxylic acids is 1. The summed E-state index contributed by atoms with van der Waals surface area (Å²) in [6.07, 6.45) is 0.208. The first-order valence-corrected chi connectivity index (χ1v) is 12.4. The van der Waals surface area contributed by atoms with E-state index in [-0.39, 0.29) is 33.9 Å². The van der Waals surface area contributed by atoms with E-state index in [0.717, 1.165) is 12.1 Å². The molecule has 0 spiro atoms. The summed E-state index contributed by atoms with van der Waals surface area (Å²) < 4.78 is 77.1. The van der Waals surface area contributed by atoms with Crippen LogP contribution >= 0.6 is 0 Å². The molecule has 2 N–H and O–H groups in total. The van der Waals surface area contributed by atoms with Crippen LogP contribution in [-0.2, 0) is 19.9 Å².